The van der Waals surface area contributed by atoms with Crippen LogP contribution in [-0.4, -0.2) is 0 Å². The maximum atomic E-state index is 5.24. The smallest absolute Gasteiger partial charge is 0.0114 e. The molecule has 1 aliphatic carbocycles. The second-order valence-electron chi connectivity index (χ2n) is 3.58. The Labute approximate surface area is 64.0 Å². The Morgan fingerprint density at radius 3 is 2.50 bits per heavy atom. The zero-order valence-corrected chi connectivity index (χ0v) is 6.93. The summed E-state index contributed by atoms with van der Waals surface area (Å²) in [6, 6.07) is 0. The van der Waals surface area contributed by atoms with Crippen LogP contribution in [0.15, 0.2) is 0 Å². The molecule has 2 atom stereocenters. The highest BCUT2D eigenvalue weighted by atomic mass is 14.4. The third-order valence-corrected chi connectivity index (χ3v) is 2.70. The molecule has 0 N–H and O–H groups in total. The molecular weight excluding hydrogens is 120 g/mol. The van der Waals surface area contributed by atoms with E-state index in [0.29, 0.717) is 0 Å². The van der Waals surface area contributed by atoms with Gasteiger partial charge in [-0.3, -0.25) is 0 Å². The predicted molar refractivity (Wildman–Crippen MR) is 44.5 cm³/mol. The van der Waals surface area contributed by atoms with Crippen LogP contribution in [0, 0.1) is 30.1 Å². The summed E-state index contributed by atoms with van der Waals surface area (Å²) in [4.78, 5) is 0. The van der Waals surface area contributed by atoms with Gasteiger partial charge in [0.25, 0.3) is 0 Å². The van der Waals surface area contributed by atoms with Gasteiger partial charge < -0.3 is 0 Å². The molecule has 0 heteroatoms. The first-order chi connectivity index (χ1) is 4.75. The van der Waals surface area contributed by atoms with Gasteiger partial charge in [-0.25, -0.2) is 0 Å². The topological polar surface area (TPSA) is 0 Å². The number of hydrogen-bond donors (Lipinski definition) is 0. The van der Waals surface area contributed by atoms with Crippen LogP contribution in [0.5, 0.6) is 0 Å². The number of hydrogen-bond acceptors (Lipinski definition) is 0. The molecule has 0 aromatic rings. The molecule has 0 aromatic heterocycles. The van der Waals surface area contributed by atoms with E-state index in [0.717, 1.165) is 24.2 Å². The molecule has 0 heterocycles. The minimum absolute atomic E-state index is 0.734. The van der Waals surface area contributed by atoms with Gasteiger partial charge in [0.05, 0.1) is 0 Å². The fraction of sp³-hybridized carbons (Fsp3) is 0.800. The summed E-state index contributed by atoms with van der Waals surface area (Å²) < 4.78 is 0. The third-order valence-electron chi connectivity index (χ3n) is 2.70. The molecule has 10 heavy (non-hydrogen) atoms. The molecule has 0 radical (unpaired) electrons. The van der Waals surface area contributed by atoms with Gasteiger partial charge in [0.2, 0.25) is 0 Å². The lowest BCUT2D eigenvalue weighted by Crippen LogP contribution is -2.08. The summed E-state index contributed by atoms with van der Waals surface area (Å²) in [6.07, 6.45) is 9.07. The van der Waals surface area contributed by atoms with Crippen molar-refractivity contribution in [3.05, 3.63) is 0 Å². The van der Waals surface area contributed by atoms with Crippen molar-refractivity contribution < 1.29 is 0 Å². The van der Waals surface area contributed by atoms with Gasteiger partial charge in [-0.15, -0.1) is 12.3 Å². The summed E-state index contributed by atoms with van der Waals surface area (Å²) in [5.41, 5.74) is 0. The lowest BCUT2D eigenvalue weighted by Gasteiger charge is -2.16. The fourth-order valence-electron chi connectivity index (χ4n) is 1.46. The van der Waals surface area contributed by atoms with Gasteiger partial charge in [0.1, 0.15) is 0 Å². The first kappa shape index (κ1) is 7.66. The molecule has 0 saturated heterocycles. The second-order valence-corrected chi connectivity index (χ2v) is 3.58. The van der Waals surface area contributed by atoms with Crippen molar-refractivity contribution in [3.8, 4) is 12.3 Å². The van der Waals surface area contributed by atoms with Crippen molar-refractivity contribution in [2.45, 2.75) is 33.1 Å². The van der Waals surface area contributed by atoms with Crippen molar-refractivity contribution >= 4 is 0 Å². The average Bonchev–Trinajstić information content (AvgIpc) is 2.68. The Balaban J connectivity index is 2.25. The molecule has 56 valence electrons. The summed E-state index contributed by atoms with van der Waals surface area (Å²) in [6.45, 7) is 4.60. The van der Waals surface area contributed by atoms with E-state index < -0.39 is 0 Å². The van der Waals surface area contributed by atoms with Crippen LogP contribution in [0.3, 0.4) is 0 Å². The van der Waals surface area contributed by atoms with E-state index in [9.17, 15) is 0 Å². The summed E-state index contributed by atoms with van der Waals surface area (Å²) in [5.74, 6) is 5.33. The molecule has 0 bridgehead atoms. The molecule has 0 aromatic carbocycles. The van der Waals surface area contributed by atoms with E-state index in [1.165, 1.54) is 12.8 Å². The summed E-state index contributed by atoms with van der Waals surface area (Å²) >= 11 is 0. The molecular formula is C10H16. The van der Waals surface area contributed by atoms with E-state index in [-0.39, 0.29) is 0 Å². The van der Waals surface area contributed by atoms with Gasteiger partial charge in [0, 0.05) is 6.42 Å². The van der Waals surface area contributed by atoms with Crippen molar-refractivity contribution in [3.63, 3.8) is 0 Å². The van der Waals surface area contributed by atoms with Gasteiger partial charge in [0.15, 0.2) is 0 Å². The Hall–Kier alpha value is -0.440. The quantitative estimate of drug-likeness (QED) is 0.523. The van der Waals surface area contributed by atoms with Crippen molar-refractivity contribution in [2.75, 3.05) is 0 Å². The van der Waals surface area contributed by atoms with E-state index in [2.05, 4.69) is 19.8 Å². The molecule has 0 amide bonds. The van der Waals surface area contributed by atoms with Crippen LogP contribution >= 0.6 is 0 Å². The predicted octanol–water partition coefficient (Wildman–Crippen LogP) is 2.69. The SMILES string of the molecule is C#CCC(C)C(C)C1CC1. The van der Waals surface area contributed by atoms with Crippen molar-refractivity contribution in [1.82, 2.24) is 0 Å². The fourth-order valence-corrected chi connectivity index (χ4v) is 1.46. The molecule has 1 aliphatic rings. The highest BCUT2D eigenvalue weighted by Crippen LogP contribution is 2.40. The number of rotatable bonds is 3. The van der Waals surface area contributed by atoms with Crippen LogP contribution in [0.2, 0.25) is 0 Å². The Kier molecular flexibility index (Phi) is 2.38. The Morgan fingerprint density at radius 2 is 2.10 bits per heavy atom. The minimum atomic E-state index is 0.734. The van der Waals surface area contributed by atoms with Crippen LogP contribution < -0.4 is 0 Å². The average molecular weight is 136 g/mol. The minimum Gasteiger partial charge on any atom is -0.120 e. The van der Waals surface area contributed by atoms with E-state index in [1.807, 2.05) is 0 Å². The molecule has 1 fully saturated rings. The monoisotopic (exact) mass is 136 g/mol. The second kappa shape index (κ2) is 3.10. The van der Waals surface area contributed by atoms with Crippen molar-refractivity contribution in [2.24, 2.45) is 17.8 Å². The van der Waals surface area contributed by atoms with Crippen LogP contribution in [0.25, 0.3) is 0 Å². The van der Waals surface area contributed by atoms with Gasteiger partial charge in [-0.1, -0.05) is 13.8 Å². The van der Waals surface area contributed by atoms with Crippen LogP contribution in [0.1, 0.15) is 33.1 Å². The zero-order valence-electron chi connectivity index (χ0n) is 6.93. The lowest BCUT2D eigenvalue weighted by molar-refractivity contribution is 0.352. The molecule has 0 spiro atoms. The van der Waals surface area contributed by atoms with Crippen LogP contribution in [-0.2, 0) is 0 Å². The van der Waals surface area contributed by atoms with Crippen LogP contribution in [0.4, 0.5) is 0 Å². The first-order valence-electron chi connectivity index (χ1n) is 4.19. The Bertz CT molecular complexity index is 137. The van der Waals surface area contributed by atoms with Gasteiger partial charge in [-0.05, 0) is 30.6 Å². The summed E-state index contributed by atoms with van der Waals surface area (Å²) in [5, 5.41) is 0. The van der Waals surface area contributed by atoms with E-state index in [4.69, 9.17) is 6.42 Å². The normalized spacial score (nSPS) is 23.3. The molecule has 0 nitrogen and oxygen atoms in total. The largest absolute Gasteiger partial charge is 0.120 e. The Morgan fingerprint density at radius 1 is 1.50 bits per heavy atom. The highest BCUT2D eigenvalue weighted by Gasteiger charge is 2.30. The molecule has 0 aliphatic heterocycles. The standard InChI is InChI=1S/C10H16/c1-4-5-8(2)9(3)10-6-7-10/h1,8-10H,5-7H2,2-3H3. The molecule has 1 rings (SSSR count). The maximum Gasteiger partial charge on any atom is 0.0114 e. The highest BCUT2D eigenvalue weighted by molar-refractivity contribution is 4.90. The number of terminal acetylenes is 1. The molecule has 1 saturated carbocycles. The summed E-state index contributed by atoms with van der Waals surface area (Å²) in [7, 11) is 0. The van der Waals surface area contributed by atoms with E-state index >= 15 is 0 Å². The lowest BCUT2D eigenvalue weighted by atomic mass is 9.89. The maximum absolute atomic E-state index is 5.24. The first-order valence-corrected chi connectivity index (χ1v) is 4.19. The van der Waals surface area contributed by atoms with Gasteiger partial charge in [-0.2, -0.15) is 0 Å². The van der Waals surface area contributed by atoms with Gasteiger partial charge >= 0.3 is 0 Å². The molecule has 2 unspecified atom stereocenters. The third kappa shape index (κ3) is 1.77. The zero-order chi connectivity index (χ0) is 7.56. The van der Waals surface area contributed by atoms with E-state index in [1.54, 1.807) is 0 Å². The van der Waals surface area contributed by atoms with Crippen molar-refractivity contribution in [1.29, 1.82) is 0 Å².